The van der Waals surface area contributed by atoms with Crippen LogP contribution in [0.2, 0.25) is 0 Å². The first kappa shape index (κ1) is 12.8. The molecule has 4 nitrogen and oxygen atoms in total. The van der Waals surface area contributed by atoms with Gasteiger partial charge in [0.25, 0.3) is 0 Å². The van der Waals surface area contributed by atoms with Crippen LogP contribution in [0.15, 0.2) is 23.6 Å². The Balaban J connectivity index is 2.11. The molecule has 1 N–H and O–H groups in total. The molecule has 5 heteroatoms. The maximum absolute atomic E-state index is 11.7. The molecular weight excluding hydrogens is 252 g/mol. The molecule has 2 heterocycles. The number of carbonyl (C=O) groups excluding carboxylic acids is 1. The highest BCUT2D eigenvalue weighted by Gasteiger charge is 2.48. The van der Waals surface area contributed by atoms with Gasteiger partial charge in [0.15, 0.2) is 5.41 Å². The Morgan fingerprint density at radius 1 is 1.61 bits per heavy atom. The normalized spacial score (nSPS) is 24.1. The van der Waals surface area contributed by atoms with Crippen LogP contribution in [0.25, 0.3) is 6.08 Å². The summed E-state index contributed by atoms with van der Waals surface area (Å²) >= 11 is 1.57. The van der Waals surface area contributed by atoms with Crippen LogP contribution in [0.4, 0.5) is 0 Å². The molecule has 2 rings (SSSR count). The van der Waals surface area contributed by atoms with Gasteiger partial charge in [-0.15, -0.1) is 11.3 Å². The molecule has 0 amide bonds. The molecule has 0 bridgehead atoms. The Hall–Kier alpha value is -1.62. The summed E-state index contributed by atoms with van der Waals surface area (Å²) in [5.74, 6) is -1.71. The molecule has 1 saturated heterocycles. The number of rotatable bonds is 4. The summed E-state index contributed by atoms with van der Waals surface area (Å²) in [5, 5.41) is 11.2. The Labute approximate surface area is 109 Å². The summed E-state index contributed by atoms with van der Waals surface area (Å²) in [6.45, 7) is 0.322. The standard InChI is InChI=1S/C13H14O4S/c14-11(15)13(7-3-8-17-12(13)16)6-1-4-10-5-2-9-18-10/h1-2,4-5,9H,3,6-8H2,(H,14,15). The number of esters is 1. The fourth-order valence-electron chi connectivity index (χ4n) is 2.01. The van der Waals surface area contributed by atoms with E-state index < -0.39 is 17.4 Å². The van der Waals surface area contributed by atoms with Crippen LogP contribution in [0.1, 0.15) is 24.1 Å². The number of allylic oxidation sites excluding steroid dienone is 1. The number of carboxylic acid groups (broad SMARTS) is 1. The first-order valence-electron chi connectivity index (χ1n) is 5.76. The lowest BCUT2D eigenvalue weighted by Gasteiger charge is -2.29. The van der Waals surface area contributed by atoms with Crippen LogP contribution in [0.3, 0.4) is 0 Å². The first-order valence-corrected chi connectivity index (χ1v) is 6.64. The summed E-state index contributed by atoms with van der Waals surface area (Å²) < 4.78 is 4.89. The number of hydrogen-bond donors (Lipinski definition) is 1. The molecule has 1 aliphatic heterocycles. The van der Waals surface area contributed by atoms with Crippen LogP contribution in [-0.4, -0.2) is 23.7 Å². The minimum Gasteiger partial charge on any atom is -0.480 e. The second-order valence-corrected chi connectivity index (χ2v) is 5.23. The summed E-state index contributed by atoms with van der Waals surface area (Å²) in [7, 11) is 0. The molecule has 0 aliphatic carbocycles. The number of aliphatic carboxylic acids is 1. The predicted octanol–water partition coefficient (Wildman–Crippen LogP) is 2.56. The van der Waals surface area contributed by atoms with Crippen LogP contribution < -0.4 is 0 Å². The van der Waals surface area contributed by atoms with E-state index in [1.54, 1.807) is 17.4 Å². The van der Waals surface area contributed by atoms with Gasteiger partial charge in [-0.3, -0.25) is 9.59 Å². The van der Waals surface area contributed by atoms with E-state index in [0.717, 1.165) is 4.88 Å². The molecule has 1 fully saturated rings. The van der Waals surface area contributed by atoms with Crippen molar-refractivity contribution in [1.82, 2.24) is 0 Å². The number of carbonyl (C=O) groups is 2. The third kappa shape index (κ3) is 2.46. The van der Waals surface area contributed by atoms with E-state index in [-0.39, 0.29) is 6.42 Å². The summed E-state index contributed by atoms with van der Waals surface area (Å²) in [5.41, 5.74) is -1.40. The van der Waals surface area contributed by atoms with E-state index in [1.807, 2.05) is 23.6 Å². The van der Waals surface area contributed by atoms with E-state index in [9.17, 15) is 14.7 Å². The van der Waals surface area contributed by atoms with Crippen LogP contribution >= 0.6 is 11.3 Å². The number of cyclic esters (lactones) is 1. The Bertz CT molecular complexity index is 463. The van der Waals surface area contributed by atoms with Gasteiger partial charge in [-0.05, 0) is 36.8 Å². The van der Waals surface area contributed by atoms with Crippen molar-refractivity contribution in [3.63, 3.8) is 0 Å². The number of thiophene rings is 1. The maximum Gasteiger partial charge on any atom is 0.323 e. The molecular formula is C13H14O4S. The number of carboxylic acids is 1. The first-order chi connectivity index (χ1) is 8.65. The molecule has 0 spiro atoms. The highest BCUT2D eigenvalue weighted by Crippen LogP contribution is 2.34. The molecule has 18 heavy (non-hydrogen) atoms. The van der Waals surface area contributed by atoms with Crippen molar-refractivity contribution >= 4 is 29.4 Å². The van der Waals surface area contributed by atoms with Crippen LogP contribution in [0.5, 0.6) is 0 Å². The summed E-state index contributed by atoms with van der Waals surface area (Å²) in [4.78, 5) is 24.1. The highest BCUT2D eigenvalue weighted by molar-refractivity contribution is 7.10. The molecule has 0 aromatic carbocycles. The average Bonchev–Trinajstić information content (AvgIpc) is 2.84. The van der Waals surface area contributed by atoms with Gasteiger partial charge in [-0.2, -0.15) is 0 Å². The van der Waals surface area contributed by atoms with Crippen molar-refractivity contribution in [2.45, 2.75) is 19.3 Å². The topological polar surface area (TPSA) is 63.6 Å². The van der Waals surface area contributed by atoms with Gasteiger partial charge in [0.2, 0.25) is 0 Å². The van der Waals surface area contributed by atoms with Crippen molar-refractivity contribution in [3.05, 3.63) is 28.5 Å². The zero-order valence-corrected chi connectivity index (χ0v) is 10.6. The lowest BCUT2D eigenvalue weighted by molar-refractivity contribution is -0.174. The van der Waals surface area contributed by atoms with Crippen LogP contribution in [-0.2, 0) is 14.3 Å². The van der Waals surface area contributed by atoms with Crippen molar-refractivity contribution < 1.29 is 19.4 Å². The van der Waals surface area contributed by atoms with E-state index >= 15 is 0 Å². The van der Waals surface area contributed by atoms with Gasteiger partial charge < -0.3 is 9.84 Å². The maximum atomic E-state index is 11.7. The van der Waals surface area contributed by atoms with Gasteiger partial charge in [0.1, 0.15) is 0 Å². The van der Waals surface area contributed by atoms with E-state index in [2.05, 4.69) is 0 Å². The minimum absolute atomic E-state index is 0.180. The molecule has 96 valence electrons. The molecule has 1 atom stereocenters. The van der Waals surface area contributed by atoms with Gasteiger partial charge in [-0.25, -0.2) is 0 Å². The summed E-state index contributed by atoms with van der Waals surface area (Å²) in [6, 6.07) is 3.86. The molecule has 1 aromatic rings. The van der Waals surface area contributed by atoms with E-state index in [4.69, 9.17) is 4.74 Å². The highest BCUT2D eigenvalue weighted by atomic mass is 32.1. The Morgan fingerprint density at radius 3 is 3.06 bits per heavy atom. The SMILES string of the molecule is O=C(O)C1(CC=Cc2cccs2)CCCOC1=O. The van der Waals surface area contributed by atoms with Crippen molar-refractivity contribution in [2.24, 2.45) is 5.41 Å². The fourth-order valence-corrected chi connectivity index (χ4v) is 2.65. The number of hydrogen-bond acceptors (Lipinski definition) is 4. The quantitative estimate of drug-likeness (QED) is 0.672. The third-order valence-electron chi connectivity index (χ3n) is 3.07. The summed E-state index contributed by atoms with van der Waals surface area (Å²) in [6.07, 6.45) is 4.71. The van der Waals surface area contributed by atoms with Crippen LogP contribution in [0, 0.1) is 5.41 Å². The van der Waals surface area contributed by atoms with Gasteiger partial charge >= 0.3 is 11.9 Å². The predicted molar refractivity (Wildman–Crippen MR) is 68.2 cm³/mol. The Kier molecular flexibility index (Phi) is 3.81. The largest absolute Gasteiger partial charge is 0.480 e. The third-order valence-corrected chi connectivity index (χ3v) is 3.91. The molecule has 1 aromatic heterocycles. The van der Waals surface area contributed by atoms with E-state index in [1.165, 1.54) is 0 Å². The lowest BCUT2D eigenvalue weighted by atomic mass is 9.78. The minimum atomic E-state index is -1.40. The monoisotopic (exact) mass is 266 g/mol. The second-order valence-electron chi connectivity index (χ2n) is 4.25. The second kappa shape index (κ2) is 5.35. The zero-order chi connectivity index (χ0) is 13.0. The van der Waals surface area contributed by atoms with Crippen molar-refractivity contribution in [1.29, 1.82) is 0 Å². The van der Waals surface area contributed by atoms with Gasteiger partial charge in [0.05, 0.1) is 6.61 Å². The lowest BCUT2D eigenvalue weighted by Crippen LogP contribution is -2.43. The molecule has 0 radical (unpaired) electrons. The molecule has 1 unspecified atom stereocenters. The van der Waals surface area contributed by atoms with Gasteiger partial charge in [0, 0.05) is 4.88 Å². The molecule has 0 saturated carbocycles. The Morgan fingerprint density at radius 2 is 2.44 bits per heavy atom. The van der Waals surface area contributed by atoms with Crippen molar-refractivity contribution in [2.75, 3.05) is 6.61 Å². The van der Waals surface area contributed by atoms with E-state index in [0.29, 0.717) is 19.4 Å². The average molecular weight is 266 g/mol. The smallest absolute Gasteiger partial charge is 0.323 e. The van der Waals surface area contributed by atoms with Gasteiger partial charge in [-0.1, -0.05) is 12.1 Å². The fraction of sp³-hybridized carbons (Fsp3) is 0.385. The zero-order valence-electron chi connectivity index (χ0n) is 9.80. The molecule has 1 aliphatic rings. The van der Waals surface area contributed by atoms with Crippen molar-refractivity contribution in [3.8, 4) is 0 Å². The number of ether oxygens (including phenoxy) is 1.